The zero-order valence-electron chi connectivity index (χ0n) is 7.71. The third kappa shape index (κ3) is 2.52. The Morgan fingerprint density at radius 1 is 1.33 bits per heavy atom. The van der Waals surface area contributed by atoms with Gasteiger partial charge in [-0.15, -0.1) is 0 Å². The van der Waals surface area contributed by atoms with Crippen LogP contribution in [0, 0.1) is 0 Å². The minimum Gasteiger partial charge on any atom is -0.395 e. The van der Waals surface area contributed by atoms with Crippen molar-refractivity contribution in [2.45, 2.75) is 38.1 Å². The zero-order valence-corrected chi connectivity index (χ0v) is 7.71. The van der Waals surface area contributed by atoms with E-state index < -0.39 is 0 Å². The quantitative estimate of drug-likeness (QED) is 0.693. The molecule has 0 saturated heterocycles. The maximum Gasteiger partial charge on any atom is 0.0606 e. The molecule has 0 aromatic heterocycles. The van der Waals surface area contributed by atoms with Crippen LogP contribution in [0.25, 0.3) is 0 Å². The lowest BCUT2D eigenvalue weighted by Gasteiger charge is -2.32. The Bertz CT molecular complexity index is 130. The monoisotopic (exact) mass is 169 g/mol. The fourth-order valence-electron chi connectivity index (χ4n) is 1.95. The molecule has 0 heterocycles. The maximum atomic E-state index is 8.81. The summed E-state index contributed by atoms with van der Waals surface area (Å²) in [4.78, 5) is 2.18. The fraction of sp³-hybridized carbons (Fsp3) is 0.800. The molecule has 1 rings (SSSR count). The Morgan fingerprint density at radius 3 is 2.50 bits per heavy atom. The summed E-state index contributed by atoms with van der Waals surface area (Å²) in [5.41, 5.74) is 0. The molecule has 12 heavy (non-hydrogen) atoms. The third-order valence-electron chi connectivity index (χ3n) is 2.64. The van der Waals surface area contributed by atoms with Gasteiger partial charge in [-0.25, -0.2) is 0 Å². The van der Waals surface area contributed by atoms with Gasteiger partial charge in [0.25, 0.3) is 0 Å². The van der Waals surface area contributed by atoms with Crippen LogP contribution in [-0.2, 0) is 0 Å². The van der Waals surface area contributed by atoms with Crippen LogP contribution in [0.1, 0.15) is 32.1 Å². The lowest BCUT2D eigenvalue weighted by atomic mass is 9.94. The molecule has 1 aliphatic carbocycles. The summed E-state index contributed by atoms with van der Waals surface area (Å²) in [6.07, 6.45) is 8.45. The summed E-state index contributed by atoms with van der Waals surface area (Å²) in [6, 6.07) is 0.642. The van der Waals surface area contributed by atoms with E-state index in [-0.39, 0.29) is 6.61 Å². The minimum atomic E-state index is 0.239. The van der Waals surface area contributed by atoms with Crippen LogP contribution < -0.4 is 0 Å². The van der Waals surface area contributed by atoms with Gasteiger partial charge in [-0.2, -0.15) is 0 Å². The van der Waals surface area contributed by atoms with Crippen LogP contribution in [0.5, 0.6) is 0 Å². The van der Waals surface area contributed by atoms with E-state index in [0.717, 1.165) is 6.54 Å². The van der Waals surface area contributed by atoms with E-state index in [2.05, 4.69) is 11.5 Å². The van der Waals surface area contributed by atoms with Gasteiger partial charge in [-0.1, -0.05) is 25.8 Å². The molecule has 1 N–H and O–H groups in total. The van der Waals surface area contributed by atoms with Crippen molar-refractivity contribution in [2.24, 2.45) is 0 Å². The SMILES string of the molecule is C=CN(CCO)C1CCCCC1. The smallest absolute Gasteiger partial charge is 0.0606 e. The number of aliphatic hydroxyl groups is 1. The standard InChI is InChI=1S/C10H19NO/c1-2-11(8-9-12)10-6-4-3-5-7-10/h2,10,12H,1,3-9H2. The van der Waals surface area contributed by atoms with Gasteiger partial charge in [-0.05, 0) is 19.0 Å². The summed E-state index contributed by atoms with van der Waals surface area (Å²) in [7, 11) is 0. The summed E-state index contributed by atoms with van der Waals surface area (Å²) >= 11 is 0. The van der Waals surface area contributed by atoms with Gasteiger partial charge in [0, 0.05) is 12.6 Å². The van der Waals surface area contributed by atoms with E-state index in [1.807, 2.05) is 6.20 Å². The molecule has 0 radical (unpaired) electrons. The molecule has 0 unspecified atom stereocenters. The Kier molecular flexibility index (Phi) is 4.15. The van der Waals surface area contributed by atoms with E-state index >= 15 is 0 Å². The highest BCUT2D eigenvalue weighted by Gasteiger charge is 2.17. The van der Waals surface area contributed by atoms with Gasteiger partial charge in [-0.3, -0.25) is 0 Å². The van der Waals surface area contributed by atoms with Crippen LogP contribution in [-0.4, -0.2) is 29.2 Å². The molecule has 1 saturated carbocycles. The van der Waals surface area contributed by atoms with Crippen LogP contribution in [0.3, 0.4) is 0 Å². The molecule has 0 aromatic rings. The lowest BCUT2D eigenvalue weighted by molar-refractivity contribution is 0.172. The molecule has 1 fully saturated rings. The van der Waals surface area contributed by atoms with E-state index in [1.165, 1.54) is 32.1 Å². The van der Waals surface area contributed by atoms with Crippen LogP contribution in [0.2, 0.25) is 0 Å². The second-order valence-electron chi connectivity index (χ2n) is 3.44. The minimum absolute atomic E-state index is 0.239. The second kappa shape index (κ2) is 5.20. The topological polar surface area (TPSA) is 23.5 Å². The van der Waals surface area contributed by atoms with Crippen molar-refractivity contribution in [1.82, 2.24) is 4.90 Å². The van der Waals surface area contributed by atoms with Gasteiger partial charge in [0.05, 0.1) is 6.61 Å². The van der Waals surface area contributed by atoms with Crippen molar-refractivity contribution in [1.29, 1.82) is 0 Å². The number of hydrogen-bond donors (Lipinski definition) is 1. The molecule has 0 aliphatic heterocycles. The van der Waals surface area contributed by atoms with Gasteiger partial charge in [0.15, 0.2) is 0 Å². The Morgan fingerprint density at radius 2 is 2.00 bits per heavy atom. The van der Waals surface area contributed by atoms with E-state index in [0.29, 0.717) is 6.04 Å². The van der Waals surface area contributed by atoms with Crippen molar-refractivity contribution >= 4 is 0 Å². The highest BCUT2D eigenvalue weighted by molar-refractivity contribution is 4.81. The fourth-order valence-corrected chi connectivity index (χ4v) is 1.95. The predicted molar refractivity (Wildman–Crippen MR) is 50.9 cm³/mol. The third-order valence-corrected chi connectivity index (χ3v) is 2.64. The van der Waals surface area contributed by atoms with Crippen molar-refractivity contribution in [3.8, 4) is 0 Å². The molecule has 0 amide bonds. The van der Waals surface area contributed by atoms with Crippen LogP contribution >= 0.6 is 0 Å². The second-order valence-corrected chi connectivity index (χ2v) is 3.44. The summed E-state index contributed by atoms with van der Waals surface area (Å²) < 4.78 is 0. The molecule has 0 atom stereocenters. The Labute approximate surface area is 74.9 Å². The van der Waals surface area contributed by atoms with E-state index in [1.54, 1.807) is 0 Å². The first kappa shape index (κ1) is 9.59. The number of aliphatic hydroxyl groups excluding tert-OH is 1. The maximum absolute atomic E-state index is 8.81. The molecule has 0 aromatic carbocycles. The zero-order chi connectivity index (χ0) is 8.81. The molecule has 1 aliphatic rings. The summed E-state index contributed by atoms with van der Waals surface area (Å²) in [5, 5.41) is 8.81. The van der Waals surface area contributed by atoms with Gasteiger partial charge in [0.1, 0.15) is 0 Å². The molecule has 0 spiro atoms. The van der Waals surface area contributed by atoms with Crippen molar-refractivity contribution in [2.75, 3.05) is 13.2 Å². The average molecular weight is 169 g/mol. The number of rotatable bonds is 4. The largest absolute Gasteiger partial charge is 0.395 e. The first-order valence-electron chi connectivity index (χ1n) is 4.87. The molecular formula is C10H19NO. The van der Waals surface area contributed by atoms with E-state index in [9.17, 15) is 0 Å². The first-order valence-corrected chi connectivity index (χ1v) is 4.87. The number of hydrogen-bond acceptors (Lipinski definition) is 2. The average Bonchev–Trinajstić information content (AvgIpc) is 2.15. The van der Waals surface area contributed by atoms with Crippen LogP contribution in [0.15, 0.2) is 12.8 Å². The van der Waals surface area contributed by atoms with E-state index in [4.69, 9.17) is 5.11 Å². The molecule has 2 nitrogen and oxygen atoms in total. The highest BCUT2D eigenvalue weighted by atomic mass is 16.3. The van der Waals surface area contributed by atoms with Gasteiger partial charge in [0.2, 0.25) is 0 Å². The van der Waals surface area contributed by atoms with Crippen molar-refractivity contribution in [3.63, 3.8) is 0 Å². The summed E-state index contributed by atoms with van der Waals surface area (Å²) in [6.45, 7) is 4.75. The first-order chi connectivity index (χ1) is 5.88. The predicted octanol–water partition coefficient (Wildman–Crippen LogP) is 1.76. The molecule has 0 bridgehead atoms. The lowest BCUT2D eigenvalue weighted by Crippen LogP contribution is -2.34. The molecular weight excluding hydrogens is 150 g/mol. The number of nitrogens with zero attached hydrogens (tertiary/aromatic N) is 1. The van der Waals surface area contributed by atoms with Crippen molar-refractivity contribution < 1.29 is 5.11 Å². The highest BCUT2D eigenvalue weighted by Crippen LogP contribution is 2.22. The van der Waals surface area contributed by atoms with Gasteiger partial charge < -0.3 is 10.0 Å². The molecule has 2 heteroatoms. The van der Waals surface area contributed by atoms with Gasteiger partial charge >= 0.3 is 0 Å². The summed E-state index contributed by atoms with van der Waals surface area (Å²) in [5.74, 6) is 0. The molecule has 70 valence electrons. The Hall–Kier alpha value is -0.500. The normalized spacial score (nSPS) is 19.1. The van der Waals surface area contributed by atoms with Crippen molar-refractivity contribution in [3.05, 3.63) is 12.8 Å². The van der Waals surface area contributed by atoms with Crippen LogP contribution in [0.4, 0.5) is 0 Å². The Balaban J connectivity index is 2.34.